The van der Waals surface area contributed by atoms with Crippen molar-refractivity contribution in [2.24, 2.45) is 5.41 Å². The number of nitriles is 1. The first kappa shape index (κ1) is 15.0. The van der Waals surface area contributed by atoms with Crippen molar-refractivity contribution in [1.82, 2.24) is 0 Å². The lowest BCUT2D eigenvalue weighted by Gasteiger charge is -2.22. The van der Waals surface area contributed by atoms with Crippen LogP contribution in [0.5, 0.6) is 5.75 Å². The fourth-order valence-electron chi connectivity index (χ4n) is 1.77. The third-order valence-corrected chi connectivity index (χ3v) is 3.26. The summed E-state index contributed by atoms with van der Waals surface area (Å²) in [6.07, 6.45) is 0.842. The van der Waals surface area contributed by atoms with E-state index in [0.717, 1.165) is 0 Å². The van der Waals surface area contributed by atoms with Crippen LogP contribution in [0.25, 0.3) is 0 Å². The molecule has 0 saturated heterocycles. The molecule has 0 saturated carbocycles. The van der Waals surface area contributed by atoms with Gasteiger partial charge in [-0.15, -0.1) is 0 Å². The predicted molar refractivity (Wildman–Crippen MR) is 70.2 cm³/mol. The number of carbonyl (C=O) groups excluding carboxylic acids is 1. The first-order chi connectivity index (χ1) is 9.02. The minimum absolute atomic E-state index is 0.0494. The maximum Gasteiger partial charge on any atom is 0.244 e. The normalized spacial score (nSPS) is 10.7. The average molecular weight is 264 g/mol. The van der Waals surface area contributed by atoms with Crippen molar-refractivity contribution in [1.29, 1.82) is 5.26 Å². The van der Waals surface area contributed by atoms with Gasteiger partial charge in [0, 0.05) is 11.8 Å². The van der Waals surface area contributed by atoms with E-state index in [1.54, 1.807) is 13.8 Å². The van der Waals surface area contributed by atoms with Crippen LogP contribution in [-0.2, 0) is 4.79 Å². The van der Waals surface area contributed by atoms with Gasteiger partial charge in [-0.1, -0.05) is 13.8 Å². The zero-order valence-corrected chi connectivity index (χ0v) is 11.3. The van der Waals surface area contributed by atoms with Crippen molar-refractivity contribution in [3.05, 3.63) is 24.0 Å². The molecule has 1 amide bonds. The molecule has 102 valence electrons. The van der Waals surface area contributed by atoms with E-state index in [1.165, 1.54) is 25.3 Å². The van der Waals surface area contributed by atoms with Gasteiger partial charge in [-0.2, -0.15) is 5.26 Å². The third-order valence-electron chi connectivity index (χ3n) is 3.26. The highest BCUT2D eigenvalue weighted by Gasteiger charge is 2.35. The number of nitrogens with zero attached hydrogens (tertiary/aromatic N) is 1. The molecule has 0 aliphatic heterocycles. The SMILES string of the molecule is CCC(C#N)(CC)C(=O)Nc1ccc(F)c(OC)c1. The van der Waals surface area contributed by atoms with Crippen molar-refractivity contribution in [2.75, 3.05) is 12.4 Å². The zero-order valence-electron chi connectivity index (χ0n) is 11.3. The number of benzene rings is 1. The van der Waals surface area contributed by atoms with Gasteiger partial charge in [0.15, 0.2) is 11.6 Å². The highest BCUT2D eigenvalue weighted by atomic mass is 19.1. The highest BCUT2D eigenvalue weighted by Crippen LogP contribution is 2.28. The Bertz CT molecular complexity index is 505. The van der Waals surface area contributed by atoms with Gasteiger partial charge in [0.25, 0.3) is 0 Å². The van der Waals surface area contributed by atoms with Gasteiger partial charge < -0.3 is 10.1 Å². The number of halogens is 1. The Hall–Kier alpha value is -2.09. The summed E-state index contributed by atoms with van der Waals surface area (Å²) in [5.41, 5.74) is -0.647. The second-order valence-electron chi connectivity index (χ2n) is 4.20. The number of anilines is 1. The maximum atomic E-state index is 13.2. The Labute approximate surface area is 112 Å². The summed E-state index contributed by atoms with van der Waals surface area (Å²) < 4.78 is 18.1. The highest BCUT2D eigenvalue weighted by molar-refractivity contribution is 5.97. The van der Waals surface area contributed by atoms with Gasteiger partial charge in [-0.3, -0.25) is 4.79 Å². The minimum atomic E-state index is -1.05. The van der Waals surface area contributed by atoms with Crippen LogP contribution in [0.2, 0.25) is 0 Å². The van der Waals surface area contributed by atoms with Crippen LogP contribution >= 0.6 is 0 Å². The number of hydrogen-bond donors (Lipinski definition) is 1. The Morgan fingerprint density at radius 1 is 1.47 bits per heavy atom. The van der Waals surface area contributed by atoms with Crippen molar-refractivity contribution in [3.63, 3.8) is 0 Å². The quantitative estimate of drug-likeness (QED) is 0.888. The fourth-order valence-corrected chi connectivity index (χ4v) is 1.77. The van der Waals surface area contributed by atoms with E-state index in [0.29, 0.717) is 18.5 Å². The van der Waals surface area contributed by atoms with E-state index < -0.39 is 11.2 Å². The van der Waals surface area contributed by atoms with E-state index in [1.807, 2.05) is 0 Å². The molecule has 0 bridgehead atoms. The zero-order chi connectivity index (χ0) is 14.5. The molecule has 0 radical (unpaired) electrons. The Kier molecular flexibility index (Phi) is 4.87. The molecule has 1 N–H and O–H groups in total. The summed E-state index contributed by atoms with van der Waals surface area (Å²) in [7, 11) is 1.35. The van der Waals surface area contributed by atoms with E-state index in [2.05, 4.69) is 11.4 Å². The van der Waals surface area contributed by atoms with Crippen LogP contribution in [0.1, 0.15) is 26.7 Å². The summed E-state index contributed by atoms with van der Waals surface area (Å²) in [5.74, 6) is -0.833. The predicted octanol–water partition coefficient (Wildman–Crippen LogP) is 3.10. The summed E-state index contributed by atoms with van der Waals surface area (Å²) in [4.78, 5) is 12.1. The van der Waals surface area contributed by atoms with Crippen molar-refractivity contribution in [2.45, 2.75) is 26.7 Å². The molecular weight excluding hydrogens is 247 g/mol. The Balaban J connectivity index is 2.97. The fraction of sp³-hybridized carbons (Fsp3) is 0.429. The van der Waals surface area contributed by atoms with Gasteiger partial charge in [0.2, 0.25) is 5.91 Å². The number of nitrogens with one attached hydrogen (secondary N) is 1. The number of methoxy groups -OCH3 is 1. The van der Waals surface area contributed by atoms with Crippen LogP contribution in [-0.4, -0.2) is 13.0 Å². The molecule has 4 nitrogen and oxygen atoms in total. The molecule has 0 aliphatic rings. The van der Waals surface area contributed by atoms with Crippen molar-refractivity contribution < 1.29 is 13.9 Å². The van der Waals surface area contributed by atoms with E-state index in [4.69, 9.17) is 4.74 Å². The number of hydrogen-bond acceptors (Lipinski definition) is 3. The Morgan fingerprint density at radius 2 is 2.11 bits per heavy atom. The van der Waals surface area contributed by atoms with Gasteiger partial charge in [-0.25, -0.2) is 4.39 Å². The van der Waals surface area contributed by atoms with Crippen LogP contribution < -0.4 is 10.1 Å². The molecule has 1 aromatic rings. The van der Waals surface area contributed by atoms with Gasteiger partial charge in [0.1, 0.15) is 5.41 Å². The van der Waals surface area contributed by atoms with E-state index in [9.17, 15) is 14.4 Å². The molecular formula is C14H17FN2O2. The molecule has 0 heterocycles. The average Bonchev–Trinajstić information content (AvgIpc) is 2.43. The molecule has 0 spiro atoms. The van der Waals surface area contributed by atoms with E-state index >= 15 is 0 Å². The largest absolute Gasteiger partial charge is 0.494 e. The summed E-state index contributed by atoms with van der Waals surface area (Å²) in [5, 5.41) is 11.8. The molecule has 19 heavy (non-hydrogen) atoms. The first-order valence-electron chi connectivity index (χ1n) is 6.09. The molecule has 0 fully saturated rings. The second kappa shape index (κ2) is 6.19. The molecule has 0 aliphatic carbocycles. The molecule has 5 heteroatoms. The van der Waals surface area contributed by atoms with E-state index in [-0.39, 0.29) is 11.7 Å². The number of amides is 1. The lowest BCUT2D eigenvalue weighted by Crippen LogP contribution is -2.33. The lowest BCUT2D eigenvalue weighted by molar-refractivity contribution is -0.123. The number of rotatable bonds is 5. The van der Waals surface area contributed by atoms with Crippen LogP contribution in [0.3, 0.4) is 0 Å². The molecule has 0 unspecified atom stereocenters. The molecule has 1 rings (SSSR count). The third kappa shape index (κ3) is 3.02. The lowest BCUT2D eigenvalue weighted by atomic mass is 9.83. The minimum Gasteiger partial charge on any atom is -0.494 e. The Morgan fingerprint density at radius 3 is 2.58 bits per heavy atom. The van der Waals surface area contributed by atoms with Crippen LogP contribution in [0.15, 0.2) is 18.2 Å². The van der Waals surface area contributed by atoms with Crippen LogP contribution in [0, 0.1) is 22.6 Å². The molecule has 0 atom stereocenters. The van der Waals surface area contributed by atoms with Crippen molar-refractivity contribution >= 4 is 11.6 Å². The van der Waals surface area contributed by atoms with Crippen LogP contribution in [0.4, 0.5) is 10.1 Å². The first-order valence-corrected chi connectivity index (χ1v) is 6.09. The number of ether oxygens (including phenoxy) is 1. The maximum absolute atomic E-state index is 13.2. The van der Waals surface area contributed by atoms with Gasteiger partial charge in [-0.05, 0) is 25.0 Å². The molecule has 1 aromatic carbocycles. The monoisotopic (exact) mass is 264 g/mol. The second-order valence-corrected chi connectivity index (χ2v) is 4.20. The summed E-state index contributed by atoms with van der Waals surface area (Å²) in [6.45, 7) is 3.58. The topological polar surface area (TPSA) is 62.1 Å². The summed E-state index contributed by atoms with van der Waals surface area (Å²) >= 11 is 0. The standard InChI is InChI=1S/C14H17FN2O2/c1-4-14(5-2,9-16)13(18)17-10-6-7-11(15)12(8-10)19-3/h6-8H,4-5H2,1-3H3,(H,17,18). The smallest absolute Gasteiger partial charge is 0.244 e. The van der Waals surface area contributed by atoms with Gasteiger partial charge in [0.05, 0.1) is 13.2 Å². The van der Waals surface area contributed by atoms with Crippen molar-refractivity contribution in [3.8, 4) is 11.8 Å². The van der Waals surface area contributed by atoms with Gasteiger partial charge >= 0.3 is 0 Å². The molecule has 0 aromatic heterocycles. The summed E-state index contributed by atoms with van der Waals surface area (Å²) in [6, 6.07) is 6.09. The number of carbonyl (C=O) groups is 1.